The van der Waals surface area contributed by atoms with Gasteiger partial charge in [-0.15, -0.1) is 0 Å². The number of carbonyl (C=O) groups is 1. The number of hydrogen-bond acceptors (Lipinski definition) is 2. The Hall–Kier alpha value is -1.87. The quantitative estimate of drug-likeness (QED) is 0.843. The number of nitrogens with two attached hydrogens (primary N) is 1. The topological polar surface area (TPSA) is 55.1 Å². The number of carbonyl (C=O) groups excluding carboxylic acids is 1. The van der Waals surface area contributed by atoms with Crippen LogP contribution >= 0.6 is 0 Å². The molecule has 3 heteroatoms. The van der Waals surface area contributed by atoms with Gasteiger partial charge in [0.2, 0.25) is 0 Å². The Morgan fingerprint density at radius 2 is 1.94 bits per heavy atom. The first-order valence-electron chi connectivity index (χ1n) is 5.71. The molecule has 0 aliphatic carbocycles. The second kappa shape index (κ2) is 4.97. The predicted molar refractivity (Wildman–Crippen MR) is 69.9 cm³/mol. The maximum Gasteiger partial charge on any atom is 0.252 e. The fourth-order valence-corrected chi connectivity index (χ4v) is 1.78. The molecule has 0 aliphatic heterocycles. The van der Waals surface area contributed by atoms with E-state index in [1.54, 1.807) is 0 Å². The van der Waals surface area contributed by atoms with Crippen LogP contribution in [0.3, 0.4) is 0 Å². The number of nitrogens with one attached hydrogen (secondary N) is 1. The van der Waals surface area contributed by atoms with Crippen molar-refractivity contribution in [3.8, 4) is 0 Å². The lowest BCUT2D eigenvalue weighted by molar-refractivity contribution is 0.0943. The fraction of sp³-hybridized carbons (Fsp3) is 0.214. The van der Waals surface area contributed by atoms with Crippen LogP contribution in [0.1, 0.15) is 17.3 Å². The molecule has 0 radical (unpaired) electrons. The van der Waals surface area contributed by atoms with Gasteiger partial charge < -0.3 is 11.1 Å². The van der Waals surface area contributed by atoms with Crippen LogP contribution in [-0.2, 0) is 0 Å². The van der Waals surface area contributed by atoms with Crippen molar-refractivity contribution in [3.63, 3.8) is 0 Å². The normalized spacial score (nSPS) is 12.4. The van der Waals surface area contributed by atoms with Crippen LogP contribution in [0.2, 0.25) is 0 Å². The van der Waals surface area contributed by atoms with E-state index < -0.39 is 0 Å². The van der Waals surface area contributed by atoms with Gasteiger partial charge in [-0.2, -0.15) is 0 Å². The maximum absolute atomic E-state index is 12.1. The average Bonchev–Trinajstić information content (AvgIpc) is 2.37. The Kier molecular flexibility index (Phi) is 3.40. The Balaban J connectivity index is 2.38. The minimum absolute atomic E-state index is 0.0125. The summed E-state index contributed by atoms with van der Waals surface area (Å²) in [5, 5.41) is 4.91. The molecule has 3 N–H and O–H groups in total. The van der Waals surface area contributed by atoms with E-state index in [0.29, 0.717) is 12.1 Å². The lowest BCUT2D eigenvalue weighted by Gasteiger charge is -2.12. The molecule has 0 heterocycles. The van der Waals surface area contributed by atoms with Gasteiger partial charge >= 0.3 is 0 Å². The van der Waals surface area contributed by atoms with Crippen molar-refractivity contribution in [2.24, 2.45) is 5.73 Å². The van der Waals surface area contributed by atoms with Crippen molar-refractivity contribution in [3.05, 3.63) is 48.0 Å². The molecule has 1 atom stereocenters. The molecule has 0 spiro atoms. The third-order valence-corrected chi connectivity index (χ3v) is 2.77. The van der Waals surface area contributed by atoms with Crippen molar-refractivity contribution < 1.29 is 4.79 Å². The molecular formula is C14H16N2O. The van der Waals surface area contributed by atoms with E-state index in [1.807, 2.05) is 49.4 Å². The Labute approximate surface area is 101 Å². The van der Waals surface area contributed by atoms with Crippen LogP contribution in [0, 0.1) is 0 Å². The number of hydrogen-bond donors (Lipinski definition) is 2. The van der Waals surface area contributed by atoms with E-state index in [1.165, 1.54) is 0 Å². The standard InChI is InChI=1S/C14H16N2O/c1-10(9-15)16-14(17)13-8-4-6-11-5-2-3-7-12(11)13/h2-8,10H,9,15H2,1H3,(H,16,17). The van der Waals surface area contributed by atoms with E-state index in [0.717, 1.165) is 10.8 Å². The third-order valence-electron chi connectivity index (χ3n) is 2.77. The summed E-state index contributed by atoms with van der Waals surface area (Å²) in [5.74, 6) is -0.0697. The van der Waals surface area contributed by atoms with Gasteiger partial charge in [0.15, 0.2) is 0 Å². The number of benzene rings is 2. The molecule has 0 saturated heterocycles. The molecule has 0 fully saturated rings. The van der Waals surface area contributed by atoms with Crippen molar-refractivity contribution in [1.29, 1.82) is 0 Å². The highest BCUT2D eigenvalue weighted by Crippen LogP contribution is 2.18. The number of fused-ring (bicyclic) bond motifs is 1. The zero-order valence-electron chi connectivity index (χ0n) is 9.81. The van der Waals surface area contributed by atoms with Crippen molar-refractivity contribution in [1.82, 2.24) is 5.32 Å². The van der Waals surface area contributed by atoms with Crippen LogP contribution in [-0.4, -0.2) is 18.5 Å². The summed E-state index contributed by atoms with van der Waals surface area (Å²) in [6.07, 6.45) is 0. The van der Waals surface area contributed by atoms with E-state index in [2.05, 4.69) is 5.32 Å². The Bertz CT molecular complexity index is 531. The van der Waals surface area contributed by atoms with E-state index in [9.17, 15) is 4.79 Å². The smallest absolute Gasteiger partial charge is 0.252 e. The summed E-state index contributed by atoms with van der Waals surface area (Å²) < 4.78 is 0. The van der Waals surface area contributed by atoms with Gasteiger partial charge in [0.25, 0.3) is 5.91 Å². The molecule has 0 saturated carbocycles. The summed E-state index contributed by atoms with van der Waals surface area (Å²) in [6, 6.07) is 13.6. The molecule has 1 amide bonds. The number of rotatable bonds is 3. The van der Waals surface area contributed by atoms with Gasteiger partial charge in [0.05, 0.1) is 0 Å². The molecule has 2 rings (SSSR count). The van der Waals surface area contributed by atoms with Crippen molar-refractivity contribution in [2.45, 2.75) is 13.0 Å². The van der Waals surface area contributed by atoms with Crippen LogP contribution in [0.5, 0.6) is 0 Å². The lowest BCUT2D eigenvalue weighted by Crippen LogP contribution is -2.37. The molecule has 1 unspecified atom stereocenters. The van der Waals surface area contributed by atoms with Crippen molar-refractivity contribution >= 4 is 16.7 Å². The van der Waals surface area contributed by atoms with Crippen LogP contribution in [0.25, 0.3) is 10.8 Å². The Morgan fingerprint density at radius 1 is 1.24 bits per heavy atom. The largest absolute Gasteiger partial charge is 0.348 e. The number of amides is 1. The summed E-state index contributed by atoms with van der Waals surface area (Å²) in [7, 11) is 0. The molecule has 2 aromatic rings. The SMILES string of the molecule is CC(CN)NC(=O)c1cccc2ccccc12. The second-order valence-corrected chi connectivity index (χ2v) is 4.14. The van der Waals surface area contributed by atoms with Crippen LogP contribution < -0.4 is 11.1 Å². The predicted octanol–water partition coefficient (Wildman–Crippen LogP) is 1.92. The fourth-order valence-electron chi connectivity index (χ4n) is 1.78. The van der Waals surface area contributed by atoms with E-state index in [-0.39, 0.29) is 11.9 Å². The Morgan fingerprint density at radius 3 is 2.71 bits per heavy atom. The molecule has 2 aromatic carbocycles. The van der Waals surface area contributed by atoms with Gasteiger partial charge in [-0.25, -0.2) is 0 Å². The van der Waals surface area contributed by atoms with Gasteiger partial charge in [-0.05, 0) is 23.8 Å². The molecule has 17 heavy (non-hydrogen) atoms. The summed E-state index contributed by atoms with van der Waals surface area (Å²) in [5.41, 5.74) is 6.19. The summed E-state index contributed by atoms with van der Waals surface area (Å²) in [4.78, 5) is 12.1. The lowest BCUT2D eigenvalue weighted by atomic mass is 10.0. The first kappa shape index (κ1) is 11.6. The van der Waals surface area contributed by atoms with Gasteiger partial charge in [0, 0.05) is 18.2 Å². The highest BCUT2D eigenvalue weighted by atomic mass is 16.1. The third kappa shape index (κ3) is 2.45. The van der Waals surface area contributed by atoms with E-state index in [4.69, 9.17) is 5.73 Å². The average molecular weight is 228 g/mol. The zero-order valence-corrected chi connectivity index (χ0v) is 9.81. The van der Waals surface area contributed by atoms with Crippen molar-refractivity contribution in [2.75, 3.05) is 6.54 Å². The molecule has 0 aliphatic rings. The second-order valence-electron chi connectivity index (χ2n) is 4.14. The molecule has 3 nitrogen and oxygen atoms in total. The first-order valence-corrected chi connectivity index (χ1v) is 5.71. The summed E-state index contributed by atoms with van der Waals surface area (Å²) >= 11 is 0. The minimum atomic E-state index is -0.0697. The van der Waals surface area contributed by atoms with Crippen LogP contribution in [0.4, 0.5) is 0 Å². The molecule has 0 bridgehead atoms. The van der Waals surface area contributed by atoms with Crippen LogP contribution in [0.15, 0.2) is 42.5 Å². The molecule has 0 aromatic heterocycles. The van der Waals surface area contributed by atoms with Gasteiger partial charge in [-0.3, -0.25) is 4.79 Å². The minimum Gasteiger partial charge on any atom is -0.348 e. The highest BCUT2D eigenvalue weighted by molar-refractivity contribution is 6.07. The molecule has 88 valence electrons. The molecular weight excluding hydrogens is 212 g/mol. The monoisotopic (exact) mass is 228 g/mol. The maximum atomic E-state index is 12.1. The highest BCUT2D eigenvalue weighted by Gasteiger charge is 2.11. The van der Waals surface area contributed by atoms with Gasteiger partial charge in [0.1, 0.15) is 0 Å². The first-order chi connectivity index (χ1) is 8.22. The summed E-state index contributed by atoms with van der Waals surface area (Å²) in [6.45, 7) is 2.33. The zero-order chi connectivity index (χ0) is 12.3. The van der Waals surface area contributed by atoms with Gasteiger partial charge in [-0.1, -0.05) is 36.4 Å². The van der Waals surface area contributed by atoms with E-state index >= 15 is 0 Å².